The maximum Gasteiger partial charge on any atom is 0.264 e. The van der Waals surface area contributed by atoms with E-state index in [1.807, 2.05) is 0 Å². The number of sulfonamides is 1. The van der Waals surface area contributed by atoms with Gasteiger partial charge in [0.15, 0.2) is 0 Å². The molecule has 2 aromatic rings. The summed E-state index contributed by atoms with van der Waals surface area (Å²) < 4.78 is 53.0. The first kappa shape index (κ1) is 14.7. The van der Waals surface area contributed by atoms with Gasteiger partial charge in [-0.2, -0.15) is 0 Å². The van der Waals surface area contributed by atoms with E-state index in [-0.39, 0.29) is 15.8 Å². The van der Waals surface area contributed by atoms with Crippen LogP contribution in [0.25, 0.3) is 0 Å². The SMILES string of the molecule is Nc1ccc(S(=O)(=O)Nc2ccc(F)c(Br)c2)c(F)c1. The molecule has 0 aliphatic heterocycles. The number of nitrogen functional groups attached to an aromatic ring is 1. The van der Waals surface area contributed by atoms with Gasteiger partial charge >= 0.3 is 0 Å². The molecule has 0 unspecified atom stereocenters. The Morgan fingerprint density at radius 3 is 2.35 bits per heavy atom. The lowest BCUT2D eigenvalue weighted by Crippen LogP contribution is -2.14. The van der Waals surface area contributed by atoms with Gasteiger partial charge in [-0.3, -0.25) is 4.72 Å². The first-order valence-electron chi connectivity index (χ1n) is 5.32. The summed E-state index contributed by atoms with van der Waals surface area (Å²) in [4.78, 5) is -0.535. The maximum atomic E-state index is 13.6. The Hall–Kier alpha value is -1.67. The standard InChI is InChI=1S/C12H9BrF2N2O2S/c13-9-6-8(2-3-10(9)14)17-20(18,19)12-4-1-7(16)5-11(12)15/h1-6,17H,16H2. The number of hydrogen-bond donors (Lipinski definition) is 2. The van der Waals surface area contributed by atoms with Gasteiger partial charge in [-0.15, -0.1) is 0 Å². The van der Waals surface area contributed by atoms with Crippen LogP contribution in [0.5, 0.6) is 0 Å². The summed E-state index contributed by atoms with van der Waals surface area (Å²) in [6.07, 6.45) is 0. The Morgan fingerprint density at radius 1 is 1.05 bits per heavy atom. The number of halogens is 3. The zero-order valence-electron chi connectivity index (χ0n) is 9.90. The molecular weight excluding hydrogens is 354 g/mol. The van der Waals surface area contributed by atoms with Crippen molar-refractivity contribution in [3.63, 3.8) is 0 Å². The Kier molecular flexibility index (Phi) is 3.96. The molecule has 0 fully saturated rings. The smallest absolute Gasteiger partial charge is 0.264 e. The second kappa shape index (κ2) is 5.37. The van der Waals surface area contributed by atoms with Crippen molar-refractivity contribution in [2.24, 2.45) is 0 Å². The lowest BCUT2D eigenvalue weighted by molar-refractivity contribution is 0.570. The lowest BCUT2D eigenvalue weighted by Gasteiger charge is -2.09. The van der Waals surface area contributed by atoms with Crippen molar-refractivity contribution in [2.75, 3.05) is 10.5 Å². The van der Waals surface area contributed by atoms with E-state index in [0.29, 0.717) is 0 Å². The number of nitrogens with one attached hydrogen (secondary N) is 1. The number of nitrogens with two attached hydrogens (primary N) is 1. The van der Waals surface area contributed by atoms with E-state index < -0.39 is 26.6 Å². The van der Waals surface area contributed by atoms with E-state index in [9.17, 15) is 17.2 Å². The van der Waals surface area contributed by atoms with Crippen molar-refractivity contribution in [3.8, 4) is 0 Å². The summed E-state index contributed by atoms with van der Waals surface area (Å²) >= 11 is 2.93. The molecule has 0 aliphatic carbocycles. The molecule has 106 valence electrons. The summed E-state index contributed by atoms with van der Waals surface area (Å²) in [5.74, 6) is -1.50. The molecule has 4 nitrogen and oxygen atoms in total. The Bertz CT molecular complexity index is 766. The van der Waals surface area contributed by atoms with Crippen LogP contribution in [0.4, 0.5) is 20.2 Å². The van der Waals surface area contributed by atoms with E-state index in [1.54, 1.807) is 0 Å². The van der Waals surface area contributed by atoms with Gasteiger partial charge in [0.2, 0.25) is 0 Å². The highest BCUT2D eigenvalue weighted by molar-refractivity contribution is 9.10. The van der Waals surface area contributed by atoms with Crippen molar-refractivity contribution in [1.82, 2.24) is 0 Å². The molecule has 3 N–H and O–H groups in total. The highest BCUT2D eigenvalue weighted by Crippen LogP contribution is 2.24. The molecule has 0 aromatic heterocycles. The molecule has 20 heavy (non-hydrogen) atoms. The molecule has 0 bridgehead atoms. The van der Waals surface area contributed by atoms with Crippen LogP contribution in [0, 0.1) is 11.6 Å². The van der Waals surface area contributed by atoms with Gasteiger partial charge in [-0.05, 0) is 52.3 Å². The first-order valence-corrected chi connectivity index (χ1v) is 7.60. The van der Waals surface area contributed by atoms with E-state index in [4.69, 9.17) is 5.73 Å². The van der Waals surface area contributed by atoms with Crippen LogP contribution in [0.1, 0.15) is 0 Å². The number of benzene rings is 2. The summed E-state index contributed by atoms with van der Waals surface area (Å²) in [6.45, 7) is 0. The molecule has 2 rings (SSSR count). The first-order chi connectivity index (χ1) is 9.29. The van der Waals surface area contributed by atoms with Crippen LogP contribution in [0.3, 0.4) is 0 Å². The zero-order chi connectivity index (χ0) is 14.9. The third-order valence-corrected chi connectivity index (χ3v) is 4.44. The van der Waals surface area contributed by atoms with Gasteiger partial charge < -0.3 is 5.73 Å². The fraction of sp³-hybridized carbons (Fsp3) is 0. The van der Waals surface area contributed by atoms with Gasteiger partial charge in [0.05, 0.1) is 10.2 Å². The molecule has 0 aliphatic rings. The minimum absolute atomic E-state index is 0.0930. The molecule has 0 heterocycles. The molecule has 0 amide bonds. The summed E-state index contributed by atoms with van der Waals surface area (Å²) in [5.41, 5.74) is 5.58. The van der Waals surface area contributed by atoms with Gasteiger partial charge in [-0.1, -0.05) is 0 Å². The average Bonchev–Trinajstić information content (AvgIpc) is 2.33. The fourth-order valence-corrected chi connectivity index (χ4v) is 2.99. The number of hydrogen-bond acceptors (Lipinski definition) is 3. The molecule has 0 saturated carbocycles. The van der Waals surface area contributed by atoms with Crippen LogP contribution in [0.15, 0.2) is 45.8 Å². The quantitative estimate of drug-likeness (QED) is 0.824. The van der Waals surface area contributed by atoms with Gasteiger partial charge in [0, 0.05) is 5.69 Å². The summed E-state index contributed by atoms with van der Waals surface area (Å²) in [7, 11) is -4.11. The van der Waals surface area contributed by atoms with E-state index in [0.717, 1.165) is 18.2 Å². The minimum atomic E-state index is -4.11. The topological polar surface area (TPSA) is 72.2 Å². The van der Waals surface area contributed by atoms with Gasteiger partial charge in [-0.25, -0.2) is 17.2 Å². The van der Waals surface area contributed by atoms with Crippen LogP contribution < -0.4 is 10.5 Å². The third-order valence-electron chi connectivity index (χ3n) is 2.42. The molecule has 2 aromatic carbocycles. The van der Waals surface area contributed by atoms with Crippen LogP contribution in [-0.2, 0) is 10.0 Å². The predicted octanol–water partition coefficient (Wildman–Crippen LogP) is 3.11. The van der Waals surface area contributed by atoms with Crippen LogP contribution >= 0.6 is 15.9 Å². The van der Waals surface area contributed by atoms with Crippen molar-refractivity contribution in [1.29, 1.82) is 0 Å². The highest BCUT2D eigenvalue weighted by Gasteiger charge is 2.19. The normalized spacial score (nSPS) is 11.3. The summed E-state index contributed by atoms with van der Waals surface area (Å²) in [5, 5.41) is 0. The van der Waals surface area contributed by atoms with Crippen molar-refractivity contribution >= 4 is 37.3 Å². The van der Waals surface area contributed by atoms with Crippen molar-refractivity contribution in [2.45, 2.75) is 4.90 Å². The Morgan fingerprint density at radius 2 is 1.75 bits per heavy atom. The van der Waals surface area contributed by atoms with Gasteiger partial charge in [0.25, 0.3) is 10.0 Å². The average molecular weight is 363 g/mol. The molecule has 8 heteroatoms. The minimum Gasteiger partial charge on any atom is -0.399 e. The molecule has 0 saturated heterocycles. The molecule has 0 radical (unpaired) electrons. The largest absolute Gasteiger partial charge is 0.399 e. The van der Waals surface area contributed by atoms with Crippen LogP contribution in [0.2, 0.25) is 0 Å². The van der Waals surface area contributed by atoms with Crippen molar-refractivity contribution < 1.29 is 17.2 Å². The van der Waals surface area contributed by atoms with Crippen molar-refractivity contribution in [3.05, 3.63) is 52.5 Å². The number of rotatable bonds is 3. The Balaban J connectivity index is 2.38. The second-order valence-corrected chi connectivity index (χ2v) is 6.43. The Labute approximate surface area is 122 Å². The van der Waals surface area contributed by atoms with E-state index >= 15 is 0 Å². The monoisotopic (exact) mass is 362 g/mol. The molecule has 0 atom stereocenters. The second-order valence-electron chi connectivity index (χ2n) is 3.92. The van der Waals surface area contributed by atoms with E-state index in [2.05, 4.69) is 20.7 Å². The van der Waals surface area contributed by atoms with E-state index in [1.165, 1.54) is 18.2 Å². The van der Waals surface area contributed by atoms with Gasteiger partial charge in [0.1, 0.15) is 16.5 Å². The molecule has 0 spiro atoms. The third kappa shape index (κ3) is 3.07. The lowest BCUT2D eigenvalue weighted by atomic mass is 10.3. The highest BCUT2D eigenvalue weighted by atomic mass is 79.9. The van der Waals surface area contributed by atoms with Crippen LogP contribution in [-0.4, -0.2) is 8.42 Å². The predicted molar refractivity (Wildman–Crippen MR) is 75.7 cm³/mol. The zero-order valence-corrected chi connectivity index (χ0v) is 12.3. The number of anilines is 2. The summed E-state index contributed by atoms with van der Waals surface area (Å²) in [6, 6.07) is 6.80. The molecular formula is C12H9BrF2N2O2S. The maximum absolute atomic E-state index is 13.6. The fourth-order valence-electron chi connectivity index (χ4n) is 1.50.